The molecule has 0 amide bonds. The van der Waals surface area contributed by atoms with Crippen molar-refractivity contribution in [2.24, 2.45) is 22.2 Å². The zero-order chi connectivity index (χ0) is 17.1. The molecule has 0 spiro atoms. The number of rotatable bonds is 4. The van der Waals surface area contributed by atoms with Gasteiger partial charge in [0.2, 0.25) is 0 Å². The summed E-state index contributed by atoms with van der Waals surface area (Å²) in [6.07, 6.45) is 6.54. The Bertz CT molecular complexity index is 546. The van der Waals surface area contributed by atoms with Gasteiger partial charge in [-0.25, -0.2) is 9.59 Å². The SMILES string of the molecule is C=CC(=O)OCC(=O)OC12CC3(C)CC(C)(CC(C)(C3)C1C)C2. The molecule has 0 heterocycles. The van der Waals surface area contributed by atoms with E-state index in [0.717, 1.165) is 18.9 Å². The van der Waals surface area contributed by atoms with Crippen LogP contribution in [-0.4, -0.2) is 24.1 Å². The molecule has 0 radical (unpaired) electrons. The van der Waals surface area contributed by atoms with E-state index < -0.39 is 17.5 Å². The van der Waals surface area contributed by atoms with Crippen LogP contribution in [0.4, 0.5) is 0 Å². The lowest BCUT2D eigenvalue weighted by molar-refractivity contribution is -0.266. The number of esters is 2. The maximum Gasteiger partial charge on any atom is 0.344 e. The lowest BCUT2D eigenvalue weighted by Gasteiger charge is -2.71. The minimum atomic E-state index is -0.591. The predicted octanol–water partition coefficient (Wildman–Crippen LogP) is 3.64. The summed E-state index contributed by atoms with van der Waals surface area (Å²) in [4.78, 5) is 23.4. The highest BCUT2D eigenvalue weighted by Gasteiger charge is 2.69. The van der Waals surface area contributed by atoms with E-state index >= 15 is 0 Å². The molecule has 3 atom stereocenters. The fraction of sp³-hybridized carbons (Fsp3) is 0.789. The third-order valence-electron chi connectivity index (χ3n) is 6.62. The van der Waals surface area contributed by atoms with Gasteiger partial charge in [0.05, 0.1) is 0 Å². The summed E-state index contributed by atoms with van der Waals surface area (Å²) in [6.45, 7) is 12.3. The van der Waals surface area contributed by atoms with Crippen LogP contribution in [0.15, 0.2) is 12.7 Å². The molecule has 0 N–H and O–H groups in total. The molecule has 4 saturated carbocycles. The van der Waals surface area contributed by atoms with Crippen LogP contribution in [0.3, 0.4) is 0 Å². The standard InChI is InChI=1S/C19H28O4/c1-6-14(20)22-7-15(21)23-19-11-16(3)8-17(4,12-19)10-18(5,9-16)13(19)2/h6,13H,1,7-12H2,2-5H3. The molecule has 3 unspecified atom stereocenters. The zero-order valence-electron chi connectivity index (χ0n) is 14.7. The van der Waals surface area contributed by atoms with Crippen molar-refractivity contribution in [3.63, 3.8) is 0 Å². The Labute approximate surface area is 138 Å². The van der Waals surface area contributed by atoms with Crippen molar-refractivity contribution in [2.45, 2.75) is 65.4 Å². The summed E-state index contributed by atoms with van der Waals surface area (Å²) in [7, 11) is 0. The molecule has 0 aromatic heterocycles. The summed E-state index contributed by atoms with van der Waals surface area (Å²) in [5, 5.41) is 0. The van der Waals surface area contributed by atoms with Crippen molar-refractivity contribution in [3.8, 4) is 0 Å². The summed E-state index contributed by atoms with van der Waals surface area (Å²) in [6, 6.07) is 0. The Hall–Kier alpha value is -1.32. The molecule has 4 rings (SSSR count). The van der Waals surface area contributed by atoms with Crippen molar-refractivity contribution in [3.05, 3.63) is 12.7 Å². The van der Waals surface area contributed by atoms with E-state index in [0.29, 0.717) is 5.92 Å². The van der Waals surface area contributed by atoms with Gasteiger partial charge in [0.15, 0.2) is 6.61 Å². The van der Waals surface area contributed by atoms with E-state index in [1.165, 1.54) is 19.3 Å². The van der Waals surface area contributed by atoms with E-state index in [1.807, 2.05) is 0 Å². The van der Waals surface area contributed by atoms with Crippen molar-refractivity contribution in [1.82, 2.24) is 0 Å². The van der Waals surface area contributed by atoms with E-state index in [4.69, 9.17) is 9.47 Å². The molecule has 4 fully saturated rings. The molecular formula is C19H28O4. The Kier molecular flexibility index (Phi) is 3.48. The molecule has 4 heteroatoms. The van der Waals surface area contributed by atoms with Gasteiger partial charge < -0.3 is 9.47 Å². The van der Waals surface area contributed by atoms with Crippen LogP contribution in [0.25, 0.3) is 0 Å². The quantitative estimate of drug-likeness (QED) is 0.586. The summed E-state index contributed by atoms with van der Waals surface area (Å²) in [5.74, 6) is -0.702. The lowest BCUT2D eigenvalue weighted by Crippen LogP contribution is -2.67. The van der Waals surface area contributed by atoms with Gasteiger partial charge in [0.25, 0.3) is 0 Å². The van der Waals surface area contributed by atoms with Gasteiger partial charge in [-0.3, -0.25) is 0 Å². The van der Waals surface area contributed by atoms with Gasteiger partial charge in [-0.1, -0.05) is 34.3 Å². The molecule has 0 aromatic rings. The number of hydrogen-bond acceptors (Lipinski definition) is 4. The van der Waals surface area contributed by atoms with Crippen molar-refractivity contribution < 1.29 is 19.1 Å². The Morgan fingerprint density at radius 2 is 1.65 bits per heavy atom. The summed E-state index contributed by atoms with van der Waals surface area (Å²) >= 11 is 0. The van der Waals surface area contributed by atoms with E-state index in [1.54, 1.807) is 0 Å². The molecule has 4 aliphatic carbocycles. The van der Waals surface area contributed by atoms with Gasteiger partial charge >= 0.3 is 11.9 Å². The van der Waals surface area contributed by atoms with Crippen LogP contribution in [-0.2, 0) is 19.1 Å². The molecule has 23 heavy (non-hydrogen) atoms. The number of carbonyl (C=O) groups excluding carboxylic acids is 2. The second kappa shape index (κ2) is 4.84. The number of hydrogen-bond donors (Lipinski definition) is 0. The average molecular weight is 320 g/mol. The normalized spacial score (nSPS) is 47.2. The lowest BCUT2D eigenvalue weighted by atomic mass is 9.36. The molecular weight excluding hydrogens is 292 g/mol. The second-order valence-electron chi connectivity index (χ2n) is 9.23. The predicted molar refractivity (Wildman–Crippen MR) is 86.5 cm³/mol. The second-order valence-corrected chi connectivity index (χ2v) is 9.23. The minimum Gasteiger partial charge on any atom is -0.456 e. The van der Waals surface area contributed by atoms with Crippen LogP contribution in [0.5, 0.6) is 0 Å². The Balaban J connectivity index is 1.81. The first-order valence-electron chi connectivity index (χ1n) is 8.55. The van der Waals surface area contributed by atoms with E-state index in [9.17, 15) is 9.59 Å². The van der Waals surface area contributed by atoms with Crippen LogP contribution in [0.1, 0.15) is 59.8 Å². The first-order chi connectivity index (χ1) is 10.5. The average Bonchev–Trinajstić information content (AvgIpc) is 2.38. The maximum atomic E-state index is 12.3. The van der Waals surface area contributed by atoms with Crippen molar-refractivity contribution in [2.75, 3.05) is 6.61 Å². The molecule has 0 aromatic carbocycles. The van der Waals surface area contributed by atoms with Gasteiger partial charge in [-0.15, -0.1) is 0 Å². The first kappa shape index (κ1) is 16.5. The molecule has 4 nitrogen and oxygen atoms in total. The van der Waals surface area contributed by atoms with Gasteiger partial charge in [-0.2, -0.15) is 0 Å². The van der Waals surface area contributed by atoms with Crippen LogP contribution >= 0.6 is 0 Å². The van der Waals surface area contributed by atoms with Crippen LogP contribution in [0.2, 0.25) is 0 Å². The molecule has 4 bridgehead atoms. The molecule has 4 aliphatic rings. The van der Waals surface area contributed by atoms with Crippen molar-refractivity contribution >= 4 is 11.9 Å². The summed E-state index contributed by atoms with van der Waals surface area (Å²) < 4.78 is 10.8. The molecule has 0 aliphatic heterocycles. The van der Waals surface area contributed by atoms with E-state index in [2.05, 4.69) is 34.3 Å². The minimum absolute atomic E-state index is 0.219. The van der Waals surface area contributed by atoms with Gasteiger partial charge in [0, 0.05) is 12.0 Å². The number of carbonyl (C=O) groups is 2. The zero-order valence-corrected chi connectivity index (χ0v) is 14.7. The third-order valence-corrected chi connectivity index (χ3v) is 6.62. The highest BCUT2D eigenvalue weighted by atomic mass is 16.6. The fourth-order valence-corrected chi connectivity index (χ4v) is 6.78. The highest BCUT2D eigenvalue weighted by Crippen LogP contribution is 2.73. The van der Waals surface area contributed by atoms with Crippen molar-refractivity contribution in [1.29, 1.82) is 0 Å². The van der Waals surface area contributed by atoms with Gasteiger partial charge in [0.1, 0.15) is 5.60 Å². The first-order valence-corrected chi connectivity index (χ1v) is 8.55. The molecule has 0 saturated heterocycles. The fourth-order valence-electron chi connectivity index (χ4n) is 6.78. The third kappa shape index (κ3) is 2.60. The van der Waals surface area contributed by atoms with Gasteiger partial charge in [-0.05, 0) is 48.3 Å². The molecule has 128 valence electrons. The Morgan fingerprint density at radius 3 is 2.17 bits per heavy atom. The number of ether oxygens (including phenoxy) is 2. The van der Waals surface area contributed by atoms with Crippen LogP contribution < -0.4 is 0 Å². The van der Waals surface area contributed by atoms with E-state index in [-0.39, 0.29) is 22.9 Å². The highest BCUT2D eigenvalue weighted by molar-refractivity contribution is 5.83. The smallest absolute Gasteiger partial charge is 0.344 e. The van der Waals surface area contributed by atoms with Crippen LogP contribution in [0, 0.1) is 22.2 Å². The summed E-state index contributed by atoms with van der Waals surface area (Å²) in [5.41, 5.74) is 0.288. The largest absolute Gasteiger partial charge is 0.456 e. The topological polar surface area (TPSA) is 52.6 Å². The monoisotopic (exact) mass is 320 g/mol. The maximum absolute atomic E-state index is 12.3. The Morgan fingerprint density at radius 1 is 1.09 bits per heavy atom.